The molecule has 0 radical (unpaired) electrons. The van der Waals surface area contributed by atoms with Crippen LogP contribution in [0.2, 0.25) is 0 Å². The summed E-state index contributed by atoms with van der Waals surface area (Å²) in [6.45, 7) is 8.25. The second-order valence-electron chi connectivity index (χ2n) is 6.51. The fourth-order valence-corrected chi connectivity index (χ4v) is 3.68. The van der Waals surface area contributed by atoms with Gasteiger partial charge in [-0.1, -0.05) is 31.5 Å². The molecule has 0 saturated carbocycles. The van der Waals surface area contributed by atoms with Crippen LogP contribution in [0.5, 0.6) is 0 Å². The number of fused-ring (bicyclic) bond motifs is 1. The monoisotopic (exact) mass is 272 g/mol. The minimum atomic E-state index is 0.965. The second kappa shape index (κ2) is 6.73. The van der Waals surface area contributed by atoms with Gasteiger partial charge in [0, 0.05) is 13.1 Å². The molecule has 2 heterocycles. The molecule has 0 bridgehead atoms. The molecule has 20 heavy (non-hydrogen) atoms. The van der Waals surface area contributed by atoms with E-state index in [0.29, 0.717) is 0 Å². The SMILES string of the molecule is CCC1CCCN(Cc2ccc3c(c2)CNCC3)CC1. The van der Waals surface area contributed by atoms with E-state index in [1.165, 1.54) is 56.3 Å². The summed E-state index contributed by atoms with van der Waals surface area (Å²) in [6, 6.07) is 7.15. The van der Waals surface area contributed by atoms with Gasteiger partial charge in [-0.15, -0.1) is 0 Å². The lowest BCUT2D eigenvalue weighted by Crippen LogP contribution is -2.26. The largest absolute Gasteiger partial charge is 0.312 e. The van der Waals surface area contributed by atoms with Gasteiger partial charge in [0.25, 0.3) is 0 Å². The van der Waals surface area contributed by atoms with Crippen LogP contribution in [0.3, 0.4) is 0 Å². The van der Waals surface area contributed by atoms with Gasteiger partial charge < -0.3 is 5.32 Å². The number of hydrogen-bond donors (Lipinski definition) is 1. The zero-order valence-corrected chi connectivity index (χ0v) is 12.8. The van der Waals surface area contributed by atoms with Crippen LogP contribution >= 0.6 is 0 Å². The van der Waals surface area contributed by atoms with Crippen molar-refractivity contribution in [1.29, 1.82) is 0 Å². The molecule has 1 atom stereocenters. The normalized spacial score (nSPS) is 24.1. The van der Waals surface area contributed by atoms with Crippen molar-refractivity contribution < 1.29 is 0 Å². The van der Waals surface area contributed by atoms with E-state index in [2.05, 4.69) is 35.3 Å². The van der Waals surface area contributed by atoms with E-state index in [-0.39, 0.29) is 0 Å². The van der Waals surface area contributed by atoms with Gasteiger partial charge in [-0.05, 0) is 67.9 Å². The summed E-state index contributed by atoms with van der Waals surface area (Å²) in [6.07, 6.45) is 6.75. The topological polar surface area (TPSA) is 15.3 Å². The van der Waals surface area contributed by atoms with E-state index in [9.17, 15) is 0 Å². The number of rotatable bonds is 3. The number of nitrogens with zero attached hydrogens (tertiary/aromatic N) is 1. The molecule has 110 valence electrons. The molecule has 1 fully saturated rings. The molecule has 2 aliphatic rings. The van der Waals surface area contributed by atoms with Crippen LogP contribution in [0.1, 0.15) is 49.3 Å². The lowest BCUT2D eigenvalue weighted by molar-refractivity contribution is 0.272. The van der Waals surface area contributed by atoms with Crippen LogP contribution in [0.4, 0.5) is 0 Å². The van der Waals surface area contributed by atoms with Crippen molar-refractivity contribution in [2.45, 2.75) is 52.1 Å². The van der Waals surface area contributed by atoms with Crippen LogP contribution < -0.4 is 5.32 Å². The van der Waals surface area contributed by atoms with Crippen LogP contribution in [0.25, 0.3) is 0 Å². The number of nitrogens with one attached hydrogen (secondary N) is 1. The first-order chi connectivity index (χ1) is 9.85. The van der Waals surface area contributed by atoms with E-state index in [4.69, 9.17) is 0 Å². The Hall–Kier alpha value is -0.860. The highest BCUT2D eigenvalue weighted by atomic mass is 15.1. The molecule has 0 aliphatic carbocycles. The van der Waals surface area contributed by atoms with Gasteiger partial charge in [-0.25, -0.2) is 0 Å². The first-order valence-corrected chi connectivity index (χ1v) is 8.39. The van der Waals surface area contributed by atoms with E-state index in [1.54, 1.807) is 5.56 Å². The minimum absolute atomic E-state index is 0.965. The molecule has 1 saturated heterocycles. The van der Waals surface area contributed by atoms with Gasteiger partial charge in [0.2, 0.25) is 0 Å². The predicted octanol–water partition coefficient (Wildman–Crippen LogP) is 3.34. The minimum Gasteiger partial charge on any atom is -0.312 e. The molecule has 1 N–H and O–H groups in total. The highest BCUT2D eigenvalue weighted by Crippen LogP contribution is 2.22. The lowest BCUT2D eigenvalue weighted by Gasteiger charge is -2.22. The van der Waals surface area contributed by atoms with Crippen LogP contribution in [0.15, 0.2) is 18.2 Å². The maximum atomic E-state index is 3.48. The molecule has 1 unspecified atom stereocenters. The average Bonchev–Trinajstić information content (AvgIpc) is 2.72. The van der Waals surface area contributed by atoms with Crippen molar-refractivity contribution in [3.05, 3.63) is 34.9 Å². The summed E-state index contributed by atoms with van der Waals surface area (Å²) in [5, 5.41) is 3.48. The lowest BCUT2D eigenvalue weighted by atomic mass is 9.98. The zero-order chi connectivity index (χ0) is 13.8. The summed E-state index contributed by atoms with van der Waals surface area (Å²) in [4.78, 5) is 2.66. The fraction of sp³-hybridized carbons (Fsp3) is 0.667. The van der Waals surface area contributed by atoms with Crippen LogP contribution in [0, 0.1) is 5.92 Å². The molecule has 2 aliphatic heterocycles. The average molecular weight is 272 g/mol. The van der Waals surface area contributed by atoms with Crippen LogP contribution in [-0.2, 0) is 19.5 Å². The molecular formula is C18H28N2. The Morgan fingerprint density at radius 3 is 3.05 bits per heavy atom. The summed E-state index contributed by atoms with van der Waals surface area (Å²) in [5.41, 5.74) is 4.58. The Bertz CT molecular complexity index is 441. The Labute approximate surface area is 123 Å². The molecule has 2 nitrogen and oxygen atoms in total. The van der Waals surface area contributed by atoms with Gasteiger partial charge >= 0.3 is 0 Å². The Kier molecular flexibility index (Phi) is 4.74. The van der Waals surface area contributed by atoms with Crippen molar-refractivity contribution in [3.63, 3.8) is 0 Å². The Morgan fingerprint density at radius 1 is 1.20 bits per heavy atom. The maximum Gasteiger partial charge on any atom is 0.0233 e. The second-order valence-corrected chi connectivity index (χ2v) is 6.51. The van der Waals surface area contributed by atoms with E-state index in [1.807, 2.05) is 0 Å². The number of benzene rings is 1. The van der Waals surface area contributed by atoms with E-state index >= 15 is 0 Å². The van der Waals surface area contributed by atoms with E-state index in [0.717, 1.165) is 25.6 Å². The van der Waals surface area contributed by atoms with Gasteiger partial charge in [0.05, 0.1) is 0 Å². The quantitative estimate of drug-likeness (QED) is 0.908. The molecule has 1 aromatic carbocycles. The summed E-state index contributed by atoms with van der Waals surface area (Å²) >= 11 is 0. The number of likely N-dealkylation sites (tertiary alicyclic amines) is 1. The van der Waals surface area contributed by atoms with Crippen molar-refractivity contribution in [1.82, 2.24) is 10.2 Å². The van der Waals surface area contributed by atoms with Crippen LogP contribution in [-0.4, -0.2) is 24.5 Å². The predicted molar refractivity (Wildman–Crippen MR) is 84.8 cm³/mol. The molecule has 0 spiro atoms. The first-order valence-electron chi connectivity index (χ1n) is 8.39. The zero-order valence-electron chi connectivity index (χ0n) is 12.8. The highest BCUT2D eigenvalue weighted by Gasteiger charge is 2.16. The van der Waals surface area contributed by atoms with Crippen molar-refractivity contribution >= 4 is 0 Å². The van der Waals surface area contributed by atoms with Gasteiger partial charge in [-0.2, -0.15) is 0 Å². The number of hydrogen-bond acceptors (Lipinski definition) is 2. The third-order valence-corrected chi connectivity index (χ3v) is 5.08. The summed E-state index contributed by atoms with van der Waals surface area (Å²) < 4.78 is 0. The molecule has 2 heteroatoms. The molecule has 3 rings (SSSR count). The standard InChI is InChI=1S/C18H28N2/c1-2-15-4-3-10-20(11-8-15)14-16-5-6-17-7-9-19-13-18(17)12-16/h5-6,12,15,19H,2-4,7-11,13-14H2,1H3. The summed E-state index contributed by atoms with van der Waals surface area (Å²) in [5.74, 6) is 0.965. The van der Waals surface area contributed by atoms with Crippen molar-refractivity contribution in [2.75, 3.05) is 19.6 Å². The fourth-order valence-electron chi connectivity index (χ4n) is 3.68. The van der Waals surface area contributed by atoms with Gasteiger partial charge in [0.15, 0.2) is 0 Å². The van der Waals surface area contributed by atoms with Gasteiger partial charge in [-0.3, -0.25) is 4.90 Å². The molecule has 0 amide bonds. The smallest absolute Gasteiger partial charge is 0.0233 e. The highest BCUT2D eigenvalue weighted by molar-refractivity contribution is 5.33. The molecule has 1 aromatic rings. The molecule has 0 aromatic heterocycles. The third kappa shape index (κ3) is 3.42. The third-order valence-electron chi connectivity index (χ3n) is 5.08. The van der Waals surface area contributed by atoms with E-state index < -0.39 is 0 Å². The Balaban J connectivity index is 1.62. The van der Waals surface area contributed by atoms with Gasteiger partial charge in [0.1, 0.15) is 0 Å². The maximum absolute atomic E-state index is 3.48. The van der Waals surface area contributed by atoms with Crippen molar-refractivity contribution in [3.8, 4) is 0 Å². The molecular weight excluding hydrogens is 244 g/mol. The van der Waals surface area contributed by atoms with Crippen molar-refractivity contribution in [2.24, 2.45) is 5.92 Å². The Morgan fingerprint density at radius 2 is 2.15 bits per heavy atom. The summed E-state index contributed by atoms with van der Waals surface area (Å²) in [7, 11) is 0. The first kappa shape index (κ1) is 14.1.